The van der Waals surface area contributed by atoms with Crippen LogP contribution >= 0.6 is 11.3 Å². The van der Waals surface area contributed by atoms with E-state index >= 15 is 0 Å². The van der Waals surface area contributed by atoms with Gasteiger partial charge in [0.2, 0.25) is 5.82 Å². The average Bonchev–Trinajstić information content (AvgIpc) is 3.08. The SMILES string of the molecule is CCc1nc(C)sc1C(=O)N1CCn2c(nnc2C(F)(F)F)C1. The molecule has 2 aromatic rings. The van der Waals surface area contributed by atoms with Gasteiger partial charge in [0.15, 0.2) is 5.82 Å². The molecule has 1 aliphatic rings. The van der Waals surface area contributed by atoms with Gasteiger partial charge in [0, 0.05) is 13.1 Å². The van der Waals surface area contributed by atoms with Gasteiger partial charge in [-0.1, -0.05) is 6.92 Å². The first-order valence-corrected chi connectivity index (χ1v) is 7.87. The Bertz CT molecular complexity index is 751. The highest BCUT2D eigenvalue weighted by atomic mass is 32.1. The predicted octanol–water partition coefficient (Wildman–Crippen LogP) is 2.28. The second-order valence-electron chi connectivity index (χ2n) is 5.18. The fraction of sp³-hybridized carbons (Fsp3) is 0.538. The second-order valence-corrected chi connectivity index (χ2v) is 6.38. The molecule has 124 valence electrons. The molecular weight excluding hydrogens is 331 g/mol. The van der Waals surface area contributed by atoms with Crippen LogP contribution in [0.15, 0.2) is 0 Å². The Morgan fingerprint density at radius 1 is 1.30 bits per heavy atom. The van der Waals surface area contributed by atoms with Crippen molar-refractivity contribution in [1.29, 1.82) is 0 Å². The van der Waals surface area contributed by atoms with Crippen LogP contribution in [0.25, 0.3) is 0 Å². The lowest BCUT2D eigenvalue weighted by molar-refractivity contribution is -0.147. The van der Waals surface area contributed by atoms with Crippen LogP contribution in [-0.4, -0.2) is 37.1 Å². The maximum absolute atomic E-state index is 12.8. The standard InChI is InChI=1S/C13H14F3N5OS/c1-3-8-10(23-7(2)17-8)11(22)20-4-5-21-9(6-20)18-19-12(21)13(14,15)16/h3-6H2,1-2H3. The van der Waals surface area contributed by atoms with Crippen LogP contribution < -0.4 is 0 Å². The molecule has 0 radical (unpaired) electrons. The first-order valence-electron chi connectivity index (χ1n) is 7.06. The highest BCUT2D eigenvalue weighted by molar-refractivity contribution is 7.13. The van der Waals surface area contributed by atoms with Crippen molar-refractivity contribution in [2.24, 2.45) is 0 Å². The molecule has 23 heavy (non-hydrogen) atoms. The molecule has 6 nitrogen and oxygen atoms in total. The summed E-state index contributed by atoms with van der Waals surface area (Å²) in [6.45, 7) is 3.97. The number of amides is 1. The van der Waals surface area contributed by atoms with Crippen molar-refractivity contribution >= 4 is 17.2 Å². The number of alkyl halides is 3. The fourth-order valence-electron chi connectivity index (χ4n) is 2.56. The molecule has 3 heterocycles. The lowest BCUT2D eigenvalue weighted by Gasteiger charge is -2.27. The van der Waals surface area contributed by atoms with Gasteiger partial charge in [0.25, 0.3) is 5.91 Å². The van der Waals surface area contributed by atoms with Crippen LogP contribution in [0.2, 0.25) is 0 Å². The molecule has 0 saturated carbocycles. The van der Waals surface area contributed by atoms with Crippen molar-refractivity contribution in [1.82, 2.24) is 24.6 Å². The number of fused-ring (bicyclic) bond motifs is 1. The van der Waals surface area contributed by atoms with Gasteiger partial charge < -0.3 is 9.47 Å². The monoisotopic (exact) mass is 345 g/mol. The van der Waals surface area contributed by atoms with Crippen molar-refractivity contribution in [3.63, 3.8) is 0 Å². The fourth-order valence-corrected chi connectivity index (χ4v) is 3.54. The van der Waals surface area contributed by atoms with E-state index in [0.717, 1.165) is 15.3 Å². The van der Waals surface area contributed by atoms with Crippen LogP contribution in [0.1, 0.15) is 38.9 Å². The van der Waals surface area contributed by atoms with E-state index in [0.29, 0.717) is 11.3 Å². The molecule has 0 N–H and O–H groups in total. The number of thiazole rings is 1. The van der Waals surface area contributed by atoms with Crippen LogP contribution in [0.5, 0.6) is 0 Å². The second kappa shape index (κ2) is 5.59. The number of halogens is 3. The maximum Gasteiger partial charge on any atom is 0.451 e. The van der Waals surface area contributed by atoms with E-state index in [9.17, 15) is 18.0 Å². The first-order chi connectivity index (χ1) is 10.8. The molecule has 0 fully saturated rings. The van der Waals surface area contributed by atoms with Gasteiger partial charge >= 0.3 is 6.18 Å². The largest absolute Gasteiger partial charge is 0.451 e. The van der Waals surface area contributed by atoms with Crippen LogP contribution in [0, 0.1) is 6.92 Å². The smallest absolute Gasteiger partial charge is 0.329 e. The number of hydrogen-bond acceptors (Lipinski definition) is 5. The zero-order valence-electron chi connectivity index (χ0n) is 12.5. The number of carbonyl (C=O) groups excluding carboxylic acids is 1. The number of rotatable bonds is 2. The predicted molar refractivity (Wildman–Crippen MR) is 76.0 cm³/mol. The zero-order valence-corrected chi connectivity index (χ0v) is 13.3. The molecule has 1 aliphatic heterocycles. The summed E-state index contributed by atoms with van der Waals surface area (Å²) in [5.41, 5.74) is 0.723. The highest BCUT2D eigenvalue weighted by Crippen LogP contribution is 2.30. The van der Waals surface area contributed by atoms with Gasteiger partial charge in [-0.15, -0.1) is 21.5 Å². The molecule has 3 rings (SSSR count). The Kier molecular flexibility index (Phi) is 3.86. The molecule has 0 atom stereocenters. The van der Waals surface area contributed by atoms with E-state index in [2.05, 4.69) is 15.2 Å². The van der Waals surface area contributed by atoms with Gasteiger partial charge in [0.1, 0.15) is 4.88 Å². The Morgan fingerprint density at radius 2 is 2.04 bits per heavy atom. The minimum absolute atomic E-state index is 0.0159. The number of aryl methyl sites for hydroxylation is 2. The van der Waals surface area contributed by atoms with Crippen molar-refractivity contribution < 1.29 is 18.0 Å². The highest BCUT2D eigenvalue weighted by Gasteiger charge is 2.40. The quantitative estimate of drug-likeness (QED) is 0.838. The summed E-state index contributed by atoms with van der Waals surface area (Å²) in [4.78, 5) is 19.0. The van der Waals surface area contributed by atoms with Crippen molar-refractivity contribution in [2.45, 2.75) is 39.5 Å². The average molecular weight is 345 g/mol. The van der Waals surface area contributed by atoms with E-state index in [1.165, 1.54) is 16.2 Å². The lowest BCUT2D eigenvalue weighted by atomic mass is 10.2. The third-order valence-corrected chi connectivity index (χ3v) is 4.63. The van der Waals surface area contributed by atoms with E-state index in [1.54, 1.807) is 0 Å². The topological polar surface area (TPSA) is 63.9 Å². The Morgan fingerprint density at radius 3 is 2.70 bits per heavy atom. The van der Waals surface area contributed by atoms with Gasteiger partial charge in [-0.05, 0) is 13.3 Å². The molecule has 0 spiro atoms. The molecule has 0 aromatic carbocycles. The van der Waals surface area contributed by atoms with Crippen molar-refractivity contribution in [3.05, 3.63) is 27.2 Å². The van der Waals surface area contributed by atoms with Gasteiger partial charge in [-0.2, -0.15) is 13.2 Å². The summed E-state index contributed by atoms with van der Waals surface area (Å²) >= 11 is 1.31. The Hall–Kier alpha value is -1.97. The summed E-state index contributed by atoms with van der Waals surface area (Å²) < 4.78 is 39.5. The van der Waals surface area contributed by atoms with Crippen LogP contribution in [0.3, 0.4) is 0 Å². The molecule has 0 saturated heterocycles. The van der Waals surface area contributed by atoms with E-state index in [-0.39, 0.29) is 31.4 Å². The molecule has 1 amide bonds. The molecule has 10 heteroatoms. The van der Waals surface area contributed by atoms with Crippen LogP contribution in [-0.2, 0) is 25.7 Å². The molecule has 0 aliphatic carbocycles. The number of nitrogens with zero attached hydrogens (tertiary/aromatic N) is 5. The van der Waals surface area contributed by atoms with Gasteiger partial charge in [-0.25, -0.2) is 4.98 Å². The van der Waals surface area contributed by atoms with E-state index in [1.807, 2.05) is 13.8 Å². The molecule has 0 bridgehead atoms. The number of hydrogen-bond donors (Lipinski definition) is 0. The third kappa shape index (κ3) is 2.82. The summed E-state index contributed by atoms with van der Waals surface area (Å²) in [5, 5.41) is 7.59. The zero-order chi connectivity index (χ0) is 16.8. The number of carbonyl (C=O) groups is 1. The van der Waals surface area contributed by atoms with Gasteiger partial charge in [-0.3, -0.25) is 4.79 Å². The molecule has 2 aromatic heterocycles. The Balaban J connectivity index is 1.85. The van der Waals surface area contributed by atoms with E-state index < -0.39 is 12.0 Å². The molecular formula is C13H14F3N5OS. The summed E-state index contributed by atoms with van der Waals surface area (Å²) in [6, 6.07) is 0. The van der Waals surface area contributed by atoms with E-state index in [4.69, 9.17) is 0 Å². The molecule has 0 unspecified atom stereocenters. The Labute approximate surface area is 134 Å². The number of aromatic nitrogens is 4. The normalized spacial score (nSPS) is 14.9. The lowest BCUT2D eigenvalue weighted by Crippen LogP contribution is -2.39. The summed E-state index contributed by atoms with van der Waals surface area (Å²) in [6.07, 6.45) is -3.91. The third-order valence-electron chi connectivity index (χ3n) is 3.63. The summed E-state index contributed by atoms with van der Waals surface area (Å²) in [5.74, 6) is -1.08. The van der Waals surface area contributed by atoms with Crippen LogP contribution in [0.4, 0.5) is 13.2 Å². The van der Waals surface area contributed by atoms with Crippen molar-refractivity contribution in [2.75, 3.05) is 6.54 Å². The van der Waals surface area contributed by atoms with Crippen molar-refractivity contribution in [3.8, 4) is 0 Å². The first kappa shape index (κ1) is 15.9. The van der Waals surface area contributed by atoms with Gasteiger partial charge in [0.05, 0.1) is 17.2 Å². The minimum Gasteiger partial charge on any atom is -0.329 e. The minimum atomic E-state index is -4.54. The maximum atomic E-state index is 12.8. The summed E-state index contributed by atoms with van der Waals surface area (Å²) in [7, 11) is 0.